The van der Waals surface area contributed by atoms with E-state index in [0.29, 0.717) is 19.4 Å². The second kappa shape index (κ2) is 5.93. The maximum atomic E-state index is 11.0. The molecule has 3 heteroatoms. The lowest BCUT2D eigenvalue weighted by Gasteiger charge is -2.38. The Labute approximate surface area is 115 Å². The fourth-order valence-corrected chi connectivity index (χ4v) is 2.87. The lowest BCUT2D eigenvalue weighted by molar-refractivity contribution is -0.110. The van der Waals surface area contributed by atoms with Gasteiger partial charge in [0.05, 0.1) is 25.4 Å². The first kappa shape index (κ1) is 14.4. The molecule has 0 amide bonds. The van der Waals surface area contributed by atoms with Crippen LogP contribution in [0.4, 0.5) is 0 Å². The Kier molecular flexibility index (Phi) is 4.48. The van der Waals surface area contributed by atoms with Crippen LogP contribution in [0, 0.1) is 6.92 Å². The molecule has 1 aliphatic heterocycles. The lowest BCUT2D eigenvalue weighted by atomic mass is 9.81. The molecule has 106 valence electrons. The lowest BCUT2D eigenvalue weighted by Crippen LogP contribution is -2.38. The molecule has 2 atom stereocenters. The van der Waals surface area contributed by atoms with E-state index >= 15 is 0 Å². The highest BCUT2D eigenvalue weighted by Gasteiger charge is 2.38. The highest BCUT2D eigenvalue weighted by molar-refractivity contribution is 5.41. The van der Waals surface area contributed by atoms with Crippen LogP contribution < -0.4 is 4.74 Å². The number of hydrogen-bond donors (Lipinski definition) is 1. The summed E-state index contributed by atoms with van der Waals surface area (Å²) in [5.41, 5.74) is 1.22. The molecule has 1 heterocycles. The van der Waals surface area contributed by atoms with Gasteiger partial charge in [0, 0.05) is 18.4 Å². The average molecular weight is 264 g/mol. The number of ether oxygens (including phenoxy) is 2. The van der Waals surface area contributed by atoms with E-state index in [1.54, 1.807) is 7.11 Å². The minimum atomic E-state index is -0.824. The molecule has 1 N–H and O–H groups in total. The van der Waals surface area contributed by atoms with Crippen LogP contribution in [0.1, 0.15) is 43.7 Å². The van der Waals surface area contributed by atoms with Crippen LogP contribution in [-0.2, 0) is 10.3 Å². The number of hydrogen-bond acceptors (Lipinski definition) is 3. The second-order valence-corrected chi connectivity index (χ2v) is 5.47. The van der Waals surface area contributed by atoms with Gasteiger partial charge in [-0.2, -0.15) is 0 Å². The number of methoxy groups -OCH3 is 1. The van der Waals surface area contributed by atoms with Gasteiger partial charge in [0.15, 0.2) is 0 Å². The zero-order valence-corrected chi connectivity index (χ0v) is 12.1. The summed E-state index contributed by atoms with van der Waals surface area (Å²) in [4.78, 5) is 0. The molecule has 19 heavy (non-hydrogen) atoms. The molecule has 1 aromatic rings. The van der Waals surface area contributed by atoms with E-state index in [-0.39, 0.29) is 6.10 Å². The predicted molar refractivity (Wildman–Crippen MR) is 75.5 cm³/mol. The summed E-state index contributed by atoms with van der Waals surface area (Å²) in [6, 6.07) is 5.98. The second-order valence-electron chi connectivity index (χ2n) is 5.47. The molecule has 2 rings (SSSR count). The van der Waals surface area contributed by atoms with Crippen molar-refractivity contribution in [2.75, 3.05) is 13.7 Å². The van der Waals surface area contributed by atoms with Crippen LogP contribution in [0.2, 0.25) is 0 Å². The first-order valence-corrected chi connectivity index (χ1v) is 7.08. The van der Waals surface area contributed by atoms with E-state index in [0.717, 1.165) is 29.7 Å². The van der Waals surface area contributed by atoms with Crippen LogP contribution in [0.5, 0.6) is 5.75 Å². The topological polar surface area (TPSA) is 38.7 Å². The van der Waals surface area contributed by atoms with E-state index in [1.165, 1.54) is 0 Å². The van der Waals surface area contributed by atoms with Crippen molar-refractivity contribution < 1.29 is 14.6 Å². The molecular weight excluding hydrogens is 240 g/mol. The van der Waals surface area contributed by atoms with Crippen molar-refractivity contribution in [3.8, 4) is 5.75 Å². The third kappa shape index (κ3) is 3.10. The third-order valence-electron chi connectivity index (χ3n) is 3.90. The van der Waals surface area contributed by atoms with E-state index in [9.17, 15) is 5.11 Å². The van der Waals surface area contributed by atoms with E-state index in [1.807, 2.05) is 25.1 Å². The van der Waals surface area contributed by atoms with Gasteiger partial charge in [-0.3, -0.25) is 0 Å². The van der Waals surface area contributed by atoms with Crippen molar-refractivity contribution >= 4 is 0 Å². The molecule has 0 saturated carbocycles. The minimum absolute atomic E-state index is 0.147. The zero-order valence-electron chi connectivity index (χ0n) is 12.1. The summed E-state index contributed by atoms with van der Waals surface area (Å²) in [7, 11) is 1.65. The summed E-state index contributed by atoms with van der Waals surface area (Å²) in [6.07, 6.45) is 3.50. The molecule has 0 bridgehead atoms. The monoisotopic (exact) mass is 264 g/mol. The highest BCUT2D eigenvalue weighted by Crippen LogP contribution is 2.40. The van der Waals surface area contributed by atoms with Gasteiger partial charge >= 0.3 is 0 Å². The SMILES string of the molecule is CCCC1CC(O)(c2cc(C)ccc2OC)CCO1. The first-order chi connectivity index (χ1) is 9.09. The van der Waals surface area contributed by atoms with Crippen LogP contribution >= 0.6 is 0 Å². The largest absolute Gasteiger partial charge is 0.496 e. The zero-order chi connectivity index (χ0) is 13.9. The van der Waals surface area contributed by atoms with Gasteiger partial charge < -0.3 is 14.6 Å². The fourth-order valence-electron chi connectivity index (χ4n) is 2.87. The molecular formula is C16H24O3. The smallest absolute Gasteiger partial charge is 0.124 e. The Hall–Kier alpha value is -1.06. The highest BCUT2D eigenvalue weighted by atomic mass is 16.5. The summed E-state index contributed by atoms with van der Waals surface area (Å²) in [6.45, 7) is 4.79. The average Bonchev–Trinajstić information content (AvgIpc) is 2.39. The van der Waals surface area contributed by atoms with Crippen molar-refractivity contribution in [3.05, 3.63) is 29.3 Å². The van der Waals surface area contributed by atoms with E-state index < -0.39 is 5.60 Å². The maximum Gasteiger partial charge on any atom is 0.124 e. The summed E-state index contributed by atoms with van der Waals surface area (Å²) in [5, 5.41) is 11.0. The summed E-state index contributed by atoms with van der Waals surface area (Å²) < 4.78 is 11.2. The number of aryl methyl sites for hydroxylation is 1. The van der Waals surface area contributed by atoms with Crippen molar-refractivity contribution in [1.82, 2.24) is 0 Å². The Balaban J connectivity index is 2.30. The molecule has 1 saturated heterocycles. The fraction of sp³-hybridized carbons (Fsp3) is 0.625. The van der Waals surface area contributed by atoms with Gasteiger partial charge in [-0.25, -0.2) is 0 Å². The summed E-state index contributed by atoms with van der Waals surface area (Å²) in [5.74, 6) is 0.769. The van der Waals surface area contributed by atoms with Gasteiger partial charge in [0.2, 0.25) is 0 Å². The third-order valence-corrected chi connectivity index (χ3v) is 3.90. The van der Waals surface area contributed by atoms with Crippen molar-refractivity contribution in [2.45, 2.75) is 51.2 Å². The number of rotatable bonds is 4. The van der Waals surface area contributed by atoms with Crippen LogP contribution in [0.25, 0.3) is 0 Å². The Bertz CT molecular complexity index is 428. The maximum absolute atomic E-state index is 11.0. The van der Waals surface area contributed by atoms with Crippen LogP contribution in [-0.4, -0.2) is 24.9 Å². The molecule has 2 unspecified atom stereocenters. The summed E-state index contributed by atoms with van der Waals surface area (Å²) >= 11 is 0. The van der Waals surface area contributed by atoms with Crippen LogP contribution in [0.15, 0.2) is 18.2 Å². The van der Waals surface area contributed by atoms with E-state index in [2.05, 4.69) is 6.92 Å². The molecule has 1 aromatic carbocycles. The quantitative estimate of drug-likeness (QED) is 0.907. The molecule has 1 fully saturated rings. The minimum Gasteiger partial charge on any atom is -0.496 e. The van der Waals surface area contributed by atoms with Crippen molar-refractivity contribution in [2.24, 2.45) is 0 Å². The predicted octanol–water partition coefficient (Wildman–Crippen LogP) is 3.17. The Morgan fingerprint density at radius 3 is 2.95 bits per heavy atom. The molecule has 3 nitrogen and oxygen atoms in total. The standard InChI is InChI=1S/C16H24O3/c1-4-5-13-11-16(17,8-9-19-13)14-10-12(2)6-7-15(14)18-3/h6-7,10,13,17H,4-5,8-9,11H2,1-3H3. The van der Waals surface area contributed by atoms with Gasteiger partial charge in [-0.05, 0) is 25.5 Å². The van der Waals surface area contributed by atoms with Gasteiger partial charge in [-0.15, -0.1) is 0 Å². The molecule has 0 aliphatic carbocycles. The van der Waals surface area contributed by atoms with Crippen LogP contribution in [0.3, 0.4) is 0 Å². The molecule has 0 aromatic heterocycles. The molecule has 1 aliphatic rings. The number of aliphatic hydroxyl groups is 1. The number of benzene rings is 1. The van der Waals surface area contributed by atoms with Gasteiger partial charge in [0.25, 0.3) is 0 Å². The van der Waals surface area contributed by atoms with Gasteiger partial charge in [0.1, 0.15) is 5.75 Å². The Morgan fingerprint density at radius 1 is 1.47 bits per heavy atom. The van der Waals surface area contributed by atoms with Crippen molar-refractivity contribution in [1.29, 1.82) is 0 Å². The van der Waals surface area contributed by atoms with Crippen molar-refractivity contribution in [3.63, 3.8) is 0 Å². The van der Waals surface area contributed by atoms with Gasteiger partial charge in [-0.1, -0.05) is 25.0 Å². The molecule has 0 radical (unpaired) electrons. The first-order valence-electron chi connectivity index (χ1n) is 7.08. The Morgan fingerprint density at radius 2 is 2.26 bits per heavy atom. The normalized spacial score (nSPS) is 27.3. The van der Waals surface area contributed by atoms with E-state index in [4.69, 9.17) is 9.47 Å². The molecule has 0 spiro atoms.